The number of amides is 1. The zero-order valence-corrected chi connectivity index (χ0v) is 15.2. The minimum absolute atomic E-state index is 0.0484. The monoisotopic (exact) mass is 340 g/mol. The van der Waals surface area contributed by atoms with Gasteiger partial charge in [0.15, 0.2) is 0 Å². The first kappa shape index (κ1) is 17.7. The van der Waals surface area contributed by atoms with Crippen LogP contribution < -0.4 is 5.32 Å². The van der Waals surface area contributed by atoms with Crippen LogP contribution in [0.3, 0.4) is 0 Å². The van der Waals surface area contributed by atoms with Crippen LogP contribution in [0.2, 0.25) is 0 Å². The van der Waals surface area contributed by atoms with Crippen molar-refractivity contribution >= 4 is 5.91 Å². The summed E-state index contributed by atoms with van der Waals surface area (Å²) in [7, 11) is 0. The van der Waals surface area contributed by atoms with Crippen molar-refractivity contribution in [2.45, 2.75) is 44.6 Å². The summed E-state index contributed by atoms with van der Waals surface area (Å²) in [5.41, 5.74) is 0.469. The van der Waals surface area contributed by atoms with Gasteiger partial charge in [-0.3, -0.25) is 9.69 Å². The van der Waals surface area contributed by atoms with Gasteiger partial charge in [0, 0.05) is 6.54 Å². The fraction of sp³-hybridized carbons (Fsp3) is 0.476. The summed E-state index contributed by atoms with van der Waals surface area (Å²) in [5, 5.41) is 3.17. The number of carbonyl (C=O) groups excluding carboxylic acids is 1. The van der Waals surface area contributed by atoms with E-state index in [1.807, 2.05) is 56.3 Å². The van der Waals surface area contributed by atoms with Gasteiger partial charge in [0.2, 0.25) is 5.91 Å². The minimum Gasteiger partial charge on any atom is -0.468 e. The maximum atomic E-state index is 12.9. The molecule has 0 spiro atoms. The largest absolute Gasteiger partial charge is 0.468 e. The van der Waals surface area contributed by atoms with Gasteiger partial charge in [0.25, 0.3) is 0 Å². The lowest BCUT2D eigenvalue weighted by Crippen LogP contribution is -2.45. The van der Waals surface area contributed by atoms with Gasteiger partial charge in [0.1, 0.15) is 5.76 Å². The highest BCUT2D eigenvalue weighted by Crippen LogP contribution is 2.26. The molecule has 1 atom stereocenters. The number of furan rings is 1. The molecule has 1 saturated heterocycles. The van der Waals surface area contributed by atoms with E-state index in [1.54, 1.807) is 6.26 Å². The molecule has 4 heteroatoms. The zero-order chi connectivity index (χ0) is 17.7. The van der Waals surface area contributed by atoms with Crippen molar-refractivity contribution in [2.24, 2.45) is 0 Å². The highest BCUT2D eigenvalue weighted by atomic mass is 16.3. The highest BCUT2D eigenvalue weighted by Gasteiger charge is 2.31. The SMILES string of the molecule is CC(C)(C(=O)NCC(c1ccco1)N1CCCCC1)c1ccccc1. The lowest BCUT2D eigenvalue weighted by Gasteiger charge is -2.34. The minimum atomic E-state index is -0.559. The van der Waals surface area contributed by atoms with Crippen molar-refractivity contribution in [1.29, 1.82) is 0 Å². The Morgan fingerprint density at radius 3 is 2.48 bits per heavy atom. The van der Waals surface area contributed by atoms with E-state index >= 15 is 0 Å². The third-order valence-electron chi connectivity index (χ3n) is 5.22. The lowest BCUT2D eigenvalue weighted by atomic mass is 9.83. The Morgan fingerprint density at radius 1 is 1.12 bits per heavy atom. The molecule has 2 heterocycles. The van der Waals surface area contributed by atoms with Crippen LogP contribution in [0.4, 0.5) is 0 Å². The molecule has 1 N–H and O–H groups in total. The summed E-state index contributed by atoms with van der Waals surface area (Å²) in [5.74, 6) is 0.979. The lowest BCUT2D eigenvalue weighted by molar-refractivity contribution is -0.126. The van der Waals surface area contributed by atoms with Crippen molar-refractivity contribution < 1.29 is 9.21 Å². The first-order valence-corrected chi connectivity index (χ1v) is 9.20. The second kappa shape index (κ2) is 7.87. The van der Waals surface area contributed by atoms with Gasteiger partial charge in [-0.15, -0.1) is 0 Å². The van der Waals surface area contributed by atoms with Crippen LogP contribution in [-0.2, 0) is 10.2 Å². The Morgan fingerprint density at radius 2 is 1.84 bits per heavy atom. The highest BCUT2D eigenvalue weighted by molar-refractivity contribution is 5.87. The Kier molecular flexibility index (Phi) is 5.59. The van der Waals surface area contributed by atoms with E-state index in [1.165, 1.54) is 19.3 Å². The topological polar surface area (TPSA) is 45.5 Å². The van der Waals surface area contributed by atoms with E-state index < -0.39 is 5.41 Å². The molecule has 1 amide bonds. The molecular formula is C21H28N2O2. The molecule has 3 rings (SSSR count). The van der Waals surface area contributed by atoms with Crippen molar-refractivity contribution in [3.63, 3.8) is 0 Å². The van der Waals surface area contributed by atoms with Crippen LogP contribution in [0.15, 0.2) is 53.1 Å². The second-order valence-corrected chi connectivity index (χ2v) is 7.33. The standard InChI is InChI=1S/C21H28N2O2/c1-21(2,17-10-5-3-6-11-17)20(24)22-16-18(19-12-9-15-25-19)23-13-7-4-8-14-23/h3,5-6,9-12,15,18H,4,7-8,13-14,16H2,1-2H3,(H,22,24). The number of carbonyl (C=O) groups is 1. The average molecular weight is 340 g/mol. The van der Waals surface area contributed by atoms with Gasteiger partial charge in [0.05, 0.1) is 17.7 Å². The van der Waals surface area contributed by atoms with E-state index in [9.17, 15) is 4.79 Å². The molecule has 1 aliphatic heterocycles. The number of rotatable bonds is 6. The smallest absolute Gasteiger partial charge is 0.230 e. The first-order chi connectivity index (χ1) is 12.1. The van der Waals surface area contributed by atoms with Crippen molar-refractivity contribution in [3.05, 3.63) is 60.1 Å². The zero-order valence-electron chi connectivity index (χ0n) is 15.2. The molecule has 1 aliphatic rings. The number of piperidine rings is 1. The van der Waals surface area contributed by atoms with Crippen LogP contribution in [-0.4, -0.2) is 30.4 Å². The molecule has 0 bridgehead atoms. The van der Waals surface area contributed by atoms with Crippen molar-refractivity contribution in [2.75, 3.05) is 19.6 Å². The molecule has 1 unspecified atom stereocenters. The third kappa shape index (κ3) is 4.13. The summed E-state index contributed by atoms with van der Waals surface area (Å²) in [6, 6.07) is 14.0. The van der Waals surface area contributed by atoms with Crippen LogP contribution in [0.5, 0.6) is 0 Å². The van der Waals surface area contributed by atoms with Gasteiger partial charge in [-0.1, -0.05) is 36.8 Å². The number of nitrogens with one attached hydrogen (secondary N) is 1. The number of hydrogen-bond acceptors (Lipinski definition) is 3. The Bertz CT molecular complexity index is 658. The molecule has 0 saturated carbocycles. The van der Waals surface area contributed by atoms with E-state index in [-0.39, 0.29) is 11.9 Å². The Labute approximate surface area is 150 Å². The predicted molar refractivity (Wildman–Crippen MR) is 99.4 cm³/mol. The number of nitrogens with zero attached hydrogens (tertiary/aromatic N) is 1. The molecule has 0 radical (unpaired) electrons. The van der Waals surface area contributed by atoms with Crippen LogP contribution in [0, 0.1) is 0 Å². The molecule has 1 aromatic heterocycles. The molecule has 25 heavy (non-hydrogen) atoms. The van der Waals surface area contributed by atoms with E-state index in [4.69, 9.17) is 4.42 Å². The molecular weight excluding hydrogens is 312 g/mol. The molecule has 0 aliphatic carbocycles. The Hall–Kier alpha value is -2.07. The van der Waals surface area contributed by atoms with Gasteiger partial charge < -0.3 is 9.73 Å². The average Bonchev–Trinajstić information content (AvgIpc) is 3.18. The normalized spacial score (nSPS) is 17.2. The molecule has 1 fully saturated rings. The van der Waals surface area contributed by atoms with Crippen LogP contribution >= 0.6 is 0 Å². The molecule has 134 valence electrons. The summed E-state index contributed by atoms with van der Waals surface area (Å²) in [4.78, 5) is 15.3. The number of hydrogen-bond donors (Lipinski definition) is 1. The quantitative estimate of drug-likeness (QED) is 0.867. The van der Waals surface area contributed by atoms with Crippen LogP contribution in [0.1, 0.15) is 50.5 Å². The van der Waals surface area contributed by atoms with Gasteiger partial charge >= 0.3 is 0 Å². The first-order valence-electron chi connectivity index (χ1n) is 9.20. The summed E-state index contributed by atoms with van der Waals surface area (Å²) >= 11 is 0. The predicted octanol–water partition coefficient (Wildman–Crippen LogP) is 3.90. The number of benzene rings is 1. The second-order valence-electron chi connectivity index (χ2n) is 7.33. The van der Waals surface area contributed by atoms with Gasteiger partial charge in [-0.25, -0.2) is 0 Å². The maximum absolute atomic E-state index is 12.9. The van der Waals surface area contributed by atoms with Crippen LogP contribution in [0.25, 0.3) is 0 Å². The maximum Gasteiger partial charge on any atom is 0.230 e. The molecule has 1 aromatic carbocycles. The fourth-order valence-electron chi connectivity index (χ4n) is 3.52. The molecule has 4 nitrogen and oxygen atoms in total. The van der Waals surface area contributed by atoms with Gasteiger partial charge in [-0.05, 0) is 57.5 Å². The van der Waals surface area contributed by atoms with Gasteiger partial charge in [-0.2, -0.15) is 0 Å². The summed E-state index contributed by atoms with van der Waals surface area (Å²) < 4.78 is 5.66. The summed E-state index contributed by atoms with van der Waals surface area (Å²) in [6.07, 6.45) is 5.41. The van der Waals surface area contributed by atoms with E-state index in [0.717, 1.165) is 24.4 Å². The third-order valence-corrected chi connectivity index (χ3v) is 5.22. The Balaban J connectivity index is 1.69. The fourth-order valence-corrected chi connectivity index (χ4v) is 3.52. The van der Waals surface area contributed by atoms with Crippen molar-refractivity contribution in [3.8, 4) is 0 Å². The number of likely N-dealkylation sites (tertiary alicyclic amines) is 1. The van der Waals surface area contributed by atoms with E-state index in [0.29, 0.717) is 6.54 Å². The molecule has 2 aromatic rings. The van der Waals surface area contributed by atoms with Crippen molar-refractivity contribution in [1.82, 2.24) is 10.2 Å². The van der Waals surface area contributed by atoms with E-state index in [2.05, 4.69) is 10.2 Å². The summed E-state index contributed by atoms with van der Waals surface area (Å²) in [6.45, 7) is 6.64.